The number of fused-ring (bicyclic) bond motifs is 1. The fourth-order valence-corrected chi connectivity index (χ4v) is 1.73. The maximum absolute atomic E-state index is 11.9. The summed E-state index contributed by atoms with van der Waals surface area (Å²) in [6, 6.07) is 5.47. The Balaban J connectivity index is 2.02. The predicted molar refractivity (Wildman–Crippen MR) is 76.8 cm³/mol. The largest absolute Gasteiger partial charge is 0.327 e. The van der Waals surface area contributed by atoms with E-state index in [9.17, 15) is 4.79 Å². The van der Waals surface area contributed by atoms with E-state index in [4.69, 9.17) is 5.73 Å². The van der Waals surface area contributed by atoms with Crippen molar-refractivity contribution >= 4 is 22.5 Å². The van der Waals surface area contributed by atoms with E-state index in [1.165, 1.54) is 0 Å². The van der Waals surface area contributed by atoms with Crippen molar-refractivity contribution in [1.29, 1.82) is 0 Å². The van der Waals surface area contributed by atoms with E-state index in [-0.39, 0.29) is 17.4 Å². The van der Waals surface area contributed by atoms with Crippen LogP contribution in [0, 0.1) is 5.41 Å². The number of hydrogen-bond donors (Lipinski definition) is 3. The standard InChI is InChI=1S/C14H20N4O/c1-14(2,3)12(15)7-13(19)17-10-5-4-9-8-16-18-11(9)6-10/h4-6,8,12H,7,15H2,1-3H3,(H,16,18)(H,17,19). The maximum atomic E-state index is 11.9. The first-order valence-electron chi connectivity index (χ1n) is 6.35. The predicted octanol–water partition coefficient (Wildman–Crippen LogP) is 2.26. The Morgan fingerprint density at radius 2 is 2.21 bits per heavy atom. The van der Waals surface area contributed by atoms with Crippen molar-refractivity contribution < 1.29 is 4.79 Å². The minimum absolute atomic E-state index is 0.0682. The summed E-state index contributed by atoms with van der Waals surface area (Å²) in [5, 5.41) is 10.7. The zero-order valence-corrected chi connectivity index (χ0v) is 11.5. The average molecular weight is 260 g/mol. The van der Waals surface area contributed by atoms with Gasteiger partial charge in [-0.25, -0.2) is 0 Å². The normalized spacial score (nSPS) is 13.5. The van der Waals surface area contributed by atoms with Crippen LogP contribution in [0.2, 0.25) is 0 Å². The van der Waals surface area contributed by atoms with Gasteiger partial charge in [0.05, 0.1) is 11.7 Å². The van der Waals surface area contributed by atoms with Crippen molar-refractivity contribution in [2.24, 2.45) is 11.1 Å². The summed E-state index contributed by atoms with van der Waals surface area (Å²) in [6.07, 6.45) is 2.06. The summed E-state index contributed by atoms with van der Waals surface area (Å²) in [6.45, 7) is 6.09. The molecule has 1 amide bonds. The quantitative estimate of drug-likeness (QED) is 0.791. The molecule has 5 heteroatoms. The fourth-order valence-electron chi connectivity index (χ4n) is 1.73. The molecule has 0 radical (unpaired) electrons. The molecule has 0 saturated carbocycles. The number of nitrogens with one attached hydrogen (secondary N) is 2. The van der Waals surface area contributed by atoms with Crippen molar-refractivity contribution in [3.8, 4) is 0 Å². The summed E-state index contributed by atoms with van der Waals surface area (Å²) < 4.78 is 0. The Hall–Kier alpha value is -1.88. The second-order valence-corrected chi connectivity index (χ2v) is 5.90. The SMILES string of the molecule is CC(C)(C)C(N)CC(=O)Nc1ccc2cn[nH]c2c1. The molecule has 0 aliphatic rings. The van der Waals surface area contributed by atoms with Gasteiger partial charge in [-0.2, -0.15) is 5.10 Å². The van der Waals surface area contributed by atoms with Crippen LogP contribution < -0.4 is 11.1 Å². The Labute approximate surface area is 112 Å². The third kappa shape index (κ3) is 3.32. The van der Waals surface area contributed by atoms with Gasteiger partial charge in [0.25, 0.3) is 0 Å². The van der Waals surface area contributed by atoms with Gasteiger partial charge in [-0.3, -0.25) is 9.89 Å². The van der Waals surface area contributed by atoms with Crippen LogP contribution in [0.1, 0.15) is 27.2 Å². The van der Waals surface area contributed by atoms with Gasteiger partial charge >= 0.3 is 0 Å². The van der Waals surface area contributed by atoms with Crippen LogP contribution in [0.4, 0.5) is 5.69 Å². The van der Waals surface area contributed by atoms with Gasteiger partial charge < -0.3 is 11.1 Å². The number of aromatic nitrogens is 2. The lowest BCUT2D eigenvalue weighted by molar-refractivity contribution is -0.117. The summed E-state index contributed by atoms with van der Waals surface area (Å²) >= 11 is 0. The Morgan fingerprint density at radius 3 is 2.89 bits per heavy atom. The summed E-state index contributed by atoms with van der Waals surface area (Å²) in [5.41, 5.74) is 7.58. The first-order chi connectivity index (χ1) is 8.86. The zero-order chi connectivity index (χ0) is 14.0. The Morgan fingerprint density at radius 1 is 1.47 bits per heavy atom. The smallest absolute Gasteiger partial charge is 0.225 e. The molecule has 0 saturated heterocycles. The number of rotatable bonds is 3. The fraction of sp³-hybridized carbons (Fsp3) is 0.429. The van der Waals surface area contributed by atoms with Gasteiger partial charge in [0.2, 0.25) is 5.91 Å². The molecule has 1 aromatic heterocycles. The van der Waals surface area contributed by atoms with Crippen LogP contribution in [-0.4, -0.2) is 22.1 Å². The second kappa shape index (κ2) is 5.01. The highest BCUT2D eigenvalue weighted by molar-refractivity contribution is 5.93. The van der Waals surface area contributed by atoms with Gasteiger partial charge in [-0.05, 0) is 23.6 Å². The maximum Gasteiger partial charge on any atom is 0.225 e. The lowest BCUT2D eigenvalue weighted by atomic mass is 9.85. The van der Waals surface area contributed by atoms with Crippen LogP contribution in [-0.2, 0) is 4.79 Å². The number of hydrogen-bond acceptors (Lipinski definition) is 3. The van der Waals surface area contributed by atoms with E-state index in [0.717, 1.165) is 16.6 Å². The minimum atomic E-state index is -0.164. The van der Waals surface area contributed by atoms with Crippen molar-refractivity contribution in [2.75, 3.05) is 5.32 Å². The van der Waals surface area contributed by atoms with Crippen LogP contribution in [0.3, 0.4) is 0 Å². The number of benzene rings is 1. The molecule has 0 bridgehead atoms. The molecule has 0 fully saturated rings. The molecular formula is C14H20N4O. The molecule has 0 aliphatic carbocycles. The Bertz CT molecular complexity index is 582. The number of carbonyl (C=O) groups is 1. The number of nitrogens with zero attached hydrogens (tertiary/aromatic N) is 1. The van der Waals surface area contributed by atoms with E-state index >= 15 is 0 Å². The van der Waals surface area contributed by atoms with E-state index in [2.05, 4.69) is 15.5 Å². The number of nitrogens with two attached hydrogens (primary N) is 1. The van der Waals surface area contributed by atoms with E-state index in [0.29, 0.717) is 6.42 Å². The van der Waals surface area contributed by atoms with Crippen LogP contribution in [0.5, 0.6) is 0 Å². The van der Waals surface area contributed by atoms with Gasteiger partial charge in [0.15, 0.2) is 0 Å². The molecular weight excluding hydrogens is 240 g/mol. The molecule has 19 heavy (non-hydrogen) atoms. The molecule has 1 unspecified atom stereocenters. The van der Waals surface area contributed by atoms with Gasteiger partial charge in [0, 0.05) is 23.5 Å². The van der Waals surface area contributed by atoms with Crippen molar-refractivity contribution in [3.63, 3.8) is 0 Å². The summed E-state index contributed by atoms with van der Waals surface area (Å²) in [5.74, 6) is -0.0682. The average Bonchev–Trinajstić information content (AvgIpc) is 2.74. The molecule has 1 heterocycles. The summed E-state index contributed by atoms with van der Waals surface area (Å²) in [7, 11) is 0. The molecule has 2 aromatic rings. The lowest BCUT2D eigenvalue weighted by Crippen LogP contribution is -2.38. The molecule has 0 aliphatic heterocycles. The van der Waals surface area contributed by atoms with Gasteiger partial charge in [-0.1, -0.05) is 20.8 Å². The molecule has 5 nitrogen and oxygen atoms in total. The van der Waals surface area contributed by atoms with E-state index in [1.54, 1.807) is 6.20 Å². The van der Waals surface area contributed by atoms with Crippen molar-refractivity contribution in [3.05, 3.63) is 24.4 Å². The number of anilines is 1. The number of amides is 1. The van der Waals surface area contributed by atoms with Gasteiger partial charge in [-0.15, -0.1) is 0 Å². The zero-order valence-electron chi connectivity index (χ0n) is 11.5. The van der Waals surface area contributed by atoms with Crippen LogP contribution in [0.25, 0.3) is 10.9 Å². The molecule has 1 aromatic carbocycles. The van der Waals surface area contributed by atoms with Crippen molar-refractivity contribution in [1.82, 2.24) is 10.2 Å². The molecule has 4 N–H and O–H groups in total. The molecule has 1 atom stereocenters. The second-order valence-electron chi connectivity index (χ2n) is 5.90. The van der Waals surface area contributed by atoms with E-state index in [1.807, 2.05) is 39.0 Å². The van der Waals surface area contributed by atoms with E-state index < -0.39 is 0 Å². The molecule has 102 valence electrons. The molecule has 2 rings (SSSR count). The molecule has 0 spiro atoms. The van der Waals surface area contributed by atoms with Crippen LogP contribution in [0.15, 0.2) is 24.4 Å². The number of H-pyrrole nitrogens is 1. The Kier molecular flexibility index (Phi) is 3.57. The first-order valence-corrected chi connectivity index (χ1v) is 6.35. The third-order valence-corrected chi connectivity index (χ3v) is 3.24. The first kappa shape index (κ1) is 13.5. The third-order valence-electron chi connectivity index (χ3n) is 3.24. The topological polar surface area (TPSA) is 83.8 Å². The highest BCUT2D eigenvalue weighted by Crippen LogP contribution is 2.21. The van der Waals surface area contributed by atoms with Crippen LogP contribution >= 0.6 is 0 Å². The minimum Gasteiger partial charge on any atom is -0.327 e. The highest BCUT2D eigenvalue weighted by Gasteiger charge is 2.23. The van der Waals surface area contributed by atoms with Gasteiger partial charge in [0.1, 0.15) is 0 Å². The summed E-state index contributed by atoms with van der Waals surface area (Å²) in [4.78, 5) is 11.9. The lowest BCUT2D eigenvalue weighted by Gasteiger charge is -2.26. The van der Waals surface area contributed by atoms with Crippen molar-refractivity contribution in [2.45, 2.75) is 33.2 Å². The monoisotopic (exact) mass is 260 g/mol. The number of aromatic amines is 1. The number of carbonyl (C=O) groups excluding carboxylic acids is 1. The highest BCUT2D eigenvalue weighted by atomic mass is 16.1.